The summed E-state index contributed by atoms with van der Waals surface area (Å²) in [7, 11) is 0. The van der Waals surface area contributed by atoms with E-state index in [-0.39, 0.29) is 12.5 Å². The van der Waals surface area contributed by atoms with Crippen LogP contribution >= 0.6 is 0 Å². The molecule has 0 bridgehead atoms. The third-order valence-corrected chi connectivity index (χ3v) is 2.63. The zero-order valence-corrected chi connectivity index (χ0v) is 11.1. The quantitative estimate of drug-likeness (QED) is 0.627. The van der Waals surface area contributed by atoms with Gasteiger partial charge in [0.15, 0.2) is 0 Å². The van der Waals surface area contributed by atoms with Gasteiger partial charge in [-0.05, 0) is 32.2 Å². The maximum Gasteiger partial charge on any atom is 0.241 e. The molecule has 0 spiro atoms. The number of unbranched alkanes of at least 4 members (excludes halogenated alkanes) is 2. The second-order valence-electron chi connectivity index (χ2n) is 4.36. The van der Waals surface area contributed by atoms with Crippen molar-refractivity contribution in [3.05, 3.63) is 11.9 Å². The Morgan fingerprint density at radius 1 is 1.44 bits per heavy atom. The second-order valence-corrected chi connectivity index (χ2v) is 4.36. The average molecular weight is 253 g/mol. The van der Waals surface area contributed by atoms with Crippen molar-refractivity contribution >= 4 is 5.91 Å². The van der Waals surface area contributed by atoms with E-state index in [0.29, 0.717) is 6.54 Å². The normalized spacial score (nSPS) is 10.6. The first-order chi connectivity index (χ1) is 8.76. The standard InChI is InChI=1S/C12H23N5O/c1-2-3-8-14-12(18)10-17-9-11(15-16-17)6-4-5-7-13/h9H,2-8,10,13H2,1H3,(H,14,18). The first-order valence-corrected chi connectivity index (χ1v) is 6.62. The fourth-order valence-corrected chi connectivity index (χ4v) is 1.59. The SMILES string of the molecule is CCCCNC(=O)Cn1cc(CCCCN)nn1. The van der Waals surface area contributed by atoms with Crippen LogP contribution in [0.2, 0.25) is 0 Å². The minimum atomic E-state index is -0.0122. The van der Waals surface area contributed by atoms with Crippen molar-refractivity contribution in [2.75, 3.05) is 13.1 Å². The molecule has 0 aromatic carbocycles. The van der Waals surface area contributed by atoms with Crippen molar-refractivity contribution in [2.24, 2.45) is 5.73 Å². The van der Waals surface area contributed by atoms with Gasteiger partial charge < -0.3 is 11.1 Å². The van der Waals surface area contributed by atoms with E-state index in [2.05, 4.69) is 22.6 Å². The van der Waals surface area contributed by atoms with Crippen LogP contribution in [0.5, 0.6) is 0 Å². The molecule has 0 unspecified atom stereocenters. The highest BCUT2D eigenvalue weighted by molar-refractivity contribution is 5.75. The number of rotatable bonds is 9. The van der Waals surface area contributed by atoms with Gasteiger partial charge in [-0.25, -0.2) is 4.68 Å². The molecular weight excluding hydrogens is 230 g/mol. The van der Waals surface area contributed by atoms with Crippen LogP contribution in [0.3, 0.4) is 0 Å². The van der Waals surface area contributed by atoms with Gasteiger partial charge in [-0.2, -0.15) is 0 Å². The Morgan fingerprint density at radius 3 is 3.00 bits per heavy atom. The van der Waals surface area contributed by atoms with Gasteiger partial charge in [0.2, 0.25) is 5.91 Å². The van der Waals surface area contributed by atoms with Crippen molar-refractivity contribution in [1.82, 2.24) is 20.3 Å². The lowest BCUT2D eigenvalue weighted by molar-refractivity contribution is -0.121. The molecule has 0 radical (unpaired) electrons. The number of carbonyl (C=O) groups is 1. The summed E-state index contributed by atoms with van der Waals surface area (Å²) >= 11 is 0. The van der Waals surface area contributed by atoms with Gasteiger partial charge in [-0.15, -0.1) is 5.10 Å². The van der Waals surface area contributed by atoms with Crippen LogP contribution in [0.25, 0.3) is 0 Å². The van der Waals surface area contributed by atoms with E-state index in [4.69, 9.17) is 5.73 Å². The minimum Gasteiger partial charge on any atom is -0.354 e. The lowest BCUT2D eigenvalue weighted by atomic mass is 10.2. The van der Waals surface area contributed by atoms with Crippen molar-refractivity contribution in [3.8, 4) is 0 Å². The van der Waals surface area contributed by atoms with Crippen LogP contribution in [0, 0.1) is 0 Å². The first-order valence-electron chi connectivity index (χ1n) is 6.62. The number of amides is 1. The monoisotopic (exact) mass is 253 g/mol. The zero-order chi connectivity index (χ0) is 13.2. The topological polar surface area (TPSA) is 85.8 Å². The highest BCUT2D eigenvalue weighted by Crippen LogP contribution is 2.00. The zero-order valence-electron chi connectivity index (χ0n) is 11.1. The van der Waals surface area contributed by atoms with Crippen LogP contribution in [-0.4, -0.2) is 34.0 Å². The number of nitrogens with zero attached hydrogens (tertiary/aromatic N) is 3. The Morgan fingerprint density at radius 2 is 2.28 bits per heavy atom. The van der Waals surface area contributed by atoms with Crippen molar-refractivity contribution < 1.29 is 4.79 Å². The summed E-state index contributed by atoms with van der Waals surface area (Å²) in [5.41, 5.74) is 6.35. The third-order valence-electron chi connectivity index (χ3n) is 2.63. The molecular formula is C12H23N5O. The van der Waals surface area contributed by atoms with Crippen LogP contribution in [0.1, 0.15) is 38.3 Å². The molecule has 3 N–H and O–H groups in total. The van der Waals surface area contributed by atoms with E-state index >= 15 is 0 Å². The van der Waals surface area contributed by atoms with E-state index in [9.17, 15) is 4.79 Å². The van der Waals surface area contributed by atoms with E-state index in [1.54, 1.807) is 4.68 Å². The molecule has 1 amide bonds. The van der Waals surface area contributed by atoms with Gasteiger partial charge in [0, 0.05) is 12.7 Å². The van der Waals surface area contributed by atoms with Gasteiger partial charge in [-0.1, -0.05) is 18.6 Å². The summed E-state index contributed by atoms with van der Waals surface area (Å²) in [6, 6.07) is 0. The smallest absolute Gasteiger partial charge is 0.241 e. The predicted molar refractivity (Wildman–Crippen MR) is 69.9 cm³/mol. The summed E-state index contributed by atoms with van der Waals surface area (Å²) in [5.74, 6) is -0.0122. The summed E-state index contributed by atoms with van der Waals surface area (Å²) in [6.07, 6.45) is 6.79. The molecule has 0 aliphatic carbocycles. The highest BCUT2D eigenvalue weighted by Gasteiger charge is 2.05. The van der Waals surface area contributed by atoms with Gasteiger partial charge in [0.25, 0.3) is 0 Å². The Balaban J connectivity index is 2.27. The molecule has 0 fully saturated rings. The molecule has 0 saturated carbocycles. The first kappa shape index (κ1) is 14.6. The summed E-state index contributed by atoms with van der Waals surface area (Å²) in [4.78, 5) is 11.5. The van der Waals surface area contributed by atoms with Crippen molar-refractivity contribution in [2.45, 2.75) is 45.6 Å². The van der Waals surface area contributed by atoms with Gasteiger partial charge >= 0.3 is 0 Å². The van der Waals surface area contributed by atoms with Gasteiger partial charge in [-0.3, -0.25) is 4.79 Å². The molecule has 1 aromatic rings. The lowest BCUT2D eigenvalue weighted by Gasteiger charge is -2.03. The molecule has 1 aromatic heterocycles. The fourth-order valence-electron chi connectivity index (χ4n) is 1.59. The summed E-state index contributed by atoms with van der Waals surface area (Å²) in [5, 5.41) is 10.8. The van der Waals surface area contributed by atoms with Gasteiger partial charge in [0.1, 0.15) is 6.54 Å². The predicted octanol–water partition coefficient (Wildman–Crippen LogP) is 0.476. The number of aromatic nitrogens is 3. The van der Waals surface area contributed by atoms with Crippen LogP contribution in [0.4, 0.5) is 0 Å². The molecule has 1 rings (SSSR count). The third kappa shape index (κ3) is 5.77. The molecule has 6 heteroatoms. The molecule has 0 aliphatic rings. The van der Waals surface area contributed by atoms with Crippen molar-refractivity contribution in [3.63, 3.8) is 0 Å². The number of hydrogen-bond acceptors (Lipinski definition) is 4. The van der Waals surface area contributed by atoms with Crippen LogP contribution in [-0.2, 0) is 17.8 Å². The van der Waals surface area contributed by atoms with Gasteiger partial charge in [0.05, 0.1) is 5.69 Å². The largest absolute Gasteiger partial charge is 0.354 e. The number of nitrogens with one attached hydrogen (secondary N) is 1. The van der Waals surface area contributed by atoms with E-state index < -0.39 is 0 Å². The second kappa shape index (κ2) is 8.63. The summed E-state index contributed by atoms with van der Waals surface area (Å²) in [6.45, 7) is 3.77. The lowest BCUT2D eigenvalue weighted by Crippen LogP contribution is -2.28. The maximum absolute atomic E-state index is 11.5. The molecule has 102 valence electrons. The molecule has 18 heavy (non-hydrogen) atoms. The van der Waals surface area contributed by atoms with Crippen molar-refractivity contribution in [1.29, 1.82) is 0 Å². The molecule has 0 saturated heterocycles. The van der Waals surface area contributed by atoms with Crippen LogP contribution in [0.15, 0.2) is 6.20 Å². The number of nitrogens with two attached hydrogens (primary N) is 1. The highest BCUT2D eigenvalue weighted by atomic mass is 16.2. The Hall–Kier alpha value is -1.43. The molecule has 0 aliphatic heterocycles. The maximum atomic E-state index is 11.5. The number of carbonyl (C=O) groups excluding carboxylic acids is 1. The van der Waals surface area contributed by atoms with Crippen LogP contribution < -0.4 is 11.1 Å². The average Bonchev–Trinajstić information content (AvgIpc) is 2.77. The molecule has 0 atom stereocenters. The Kier molecular flexibility index (Phi) is 7.01. The van der Waals surface area contributed by atoms with E-state index in [1.165, 1.54) is 0 Å². The molecule has 6 nitrogen and oxygen atoms in total. The summed E-state index contributed by atoms with van der Waals surface area (Å²) < 4.78 is 1.58. The Labute approximate surface area is 108 Å². The Bertz CT molecular complexity index is 350. The minimum absolute atomic E-state index is 0.0122. The van der Waals surface area contributed by atoms with E-state index in [0.717, 1.165) is 44.3 Å². The van der Waals surface area contributed by atoms with E-state index in [1.807, 2.05) is 6.20 Å². The number of hydrogen-bond donors (Lipinski definition) is 2. The number of aryl methyl sites for hydroxylation is 1. The molecule has 1 heterocycles. The fraction of sp³-hybridized carbons (Fsp3) is 0.750.